The molecule has 0 fully saturated rings. The van der Waals surface area contributed by atoms with Gasteiger partial charge in [0.25, 0.3) is 0 Å². The van der Waals surface area contributed by atoms with Crippen LogP contribution in [0.25, 0.3) is 0 Å². The highest BCUT2D eigenvalue weighted by Gasteiger charge is 2.72. The molecule has 0 saturated carbocycles. The number of hydrogen-bond donors (Lipinski definition) is 2. The molecule has 1 aromatic rings. The molecular weight excluding hydrogens is 357 g/mol. The monoisotopic (exact) mass is 374 g/mol. The van der Waals surface area contributed by atoms with E-state index in [2.05, 4.69) is 0 Å². The molecular formula is C15H17F7N2O. The van der Waals surface area contributed by atoms with E-state index in [4.69, 9.17) is 0 Å². The maximum atomic E-state index is 13.3. The van der Waals surface area contributed by atoms with Gasteiger partial charge in [0.2, 0.25) is 5.54 Å². The van der Waals surface area contributed by atoms with Gasteiger partial charge in [-0.1, -0.05) is 20.8 Å². The van der Waals surface area contributed by atoms with E-state index in [0.717, 1.165) is 29.6 Å². The second-order valence-electron chi connectivity index (χ2n) is 6.72. The molecule has 0 bridgehead atoms. The standard InChI is InChI=1S/C15H17F7N2O/c1-12(2,3)8-13(14(17,18)19,15(20,21)22)24-11(25)23-10-6-4-9(16)5-7-10/h4-7H,8H2,1-3H3,(H2,23,24,25). The third-order valence-electron chi connectivity index (χ3n) is 3.19. The van der Waals surface area contributed by atoms with Crippen molar-refractivity contribution in [1.29, 1.82) is 0 Å². The number of alkyl halides is 6. The van der Waals surface area contributed by atoms with Crippen LogP contribution in [0, 0.1) is 11.2 Å². The second kappa shape index (κ2) is 6.72. The summed E-state index contributed by atoms with van der Waals surface area (Å²) in [5.74, 6) is -0.682. The number of halogens is 7. The average Bonchev–Trinajstić information content (AvgIpc) is 2.36. The summed E-state index contributed by atoms with van der Waals surface area (Å²) in [5, 5.41) is 2.87. The third-order valence-corrected chi connectivity index (χ3v) is 3.19. The van der Waals surface area contributed by atoms with Gasteiger partial charge in [-0.15, -0.1) is 0 Å². The number of nitrogens with one attached hydrogen (secondary N) is 2. The molecule has 0 heterocycles. The van der Waals surface area contributed by atoms with Gasteiger partial charge < -0.3 is 10.6 Å². The fraction of sp³-hybridized carbons (Fsp3) is 0.533. The Morgan fingerprint density at radius 2 is 1.36 bits per heavy atom. The molecule has 25 heavy (non-hydrogen) atoms. The van der Waals surface area contributed by atoms with Crippen molar-refractivity contribution in [2.75, 3.05) is 5.32 Å². The quantitative estimate of drug-likeness (QED) is 0.698. The molecule has 1 aromatic carbocycles. The summed E-state index contributed by atoms with van der Waals surface area (Å²) in [5.41, 5.74) is -5.98. The van der Waals surface area contributed by atoms with Gasteiger partial charge in [-0.3, -0.25) is 0 Å². The first kappa shape index (κ1) is 21.0. The smallest absolute Gasteiger partial charge is 0.316 e. The first-order valence-corrected chi connectivity index (χ1v) is 7.06. The molecule has 0 aliphatic carbocycles. The summed E-state index contributed by atoms with van der Waals surface area (Å²) in [6.45, 7) is 3.58. The van der Waals surface area contributed by atoms with Crippen LogP contribution in [0.4, 0.5) is 41.2 Å². The summed E-state index contributed by atoms with van der Waals surface area (Å²) >= 11 is 0. The minimum Gasteiger partial charge on any atom is -0.316 e. The molecule has 0 aliphatic heterocycles. The van der Waals surface area contributed by atoms with Crippen LogP contribution >= 0.6 is 0 Å². The van der Waals surface area contributed by atoms with E-state index in [1.807, 2.05) is 5.32 Å². The van der Waals surface area contributed by atoms with Crippen molar-refractivity contribution in [2.45, 2.75) is 45.1 Å². The molecule has 0 saturated heterocycles. The topological polar surface area (TPSA) is 41.1 Å². The number of amides is 2. The molecule has 0 aromatic heterocycles. The average molecular weight is 374 g/mol. The largest absolute Gasteiger partial charge is 0.420 e. The molecule has 2 N–H and O–H groups in total. The lowest BCUT2D eigenvalue weighted by Crippen LogP contribution is -2.69. The van der Waals surface area contributed by atoms with Crippen LogP contribution in [0.2, 0.25) is 0 Å². The summed E-state index contributed by atoms with van der Waals surface area (Å²) in [7, 11) is 0. The van der Waals surface area contributed by atoms with Gasteiger partial charge >= 0.3 is 18.4 Å². The molecule has 0 atom stereocenters. The van der Waals surface area contributed by atoms with Gasteiger partial charge in [0, 0.05) is 5.69 Å². The highest BCUT2D eigenvalue weighted by molar-refractivity contribution is 5.89. The van der Waals surface area contributed by atoms with E-state index in [0.29, 0.717) is 0 Å². The number of anilines is 1. The first-order chi connectivity index (χ1) is 11.1. The van der Waals surface area contributed by atoms with E-state index in [-0.39, 0.29) is 5.69 Å². The van der Waals surface area contributed by atoms with E-state index in [9.17, 15) is 35.5 Å². The van der Waals surface area contributed by atoms with Crippen LogP contribution in [0.3, 0.4) is 0 Å². The van der Waals surface area contributed by atoms with E-state index in [1.54, 1.807) is 0 Å². The van der Waals surface area contributed by atoms with Crippen LogP contribution < -0.4 is 10.6 Å². The molecule has 10 heteroatoms. The molecule has 0 spiro atoms. The number of carbonyl (C=O) groups excluding carboxylic acids is 1. The molecule has 142 valence electrons. The fourth-order valence-electron chi connectivity index (χ4n) is 2.23. The zero-order valence-corrected chi connectivity index (χ0v) is 13.6. The van der Waals surface area contributed by atoms with E-state index >= 15 is 0 Å². The summed E-state index contributed by atoms with van der Waals surface area (Å²) in [4.78, 5) is 11.8. The Morgan fingerprint density at radius 1 is 0.920 bits per heavy atom. The van der Waals surface area contributed by atoms with Crippen molar-refractivity contribution in [2.24, 2.45) is 5.41 Å². The summed E-state index contributed by atoms with van der Waals surface area (Å²) in [6, 6.07) is 2.09. The zero-order chi connectivity index (χ0) is 19.7. The van der Waals surface area contributed by atoms with Crippen LogP contribution in [0.15, 0.2) is 24.3 Å². The fourth-order valence-corrected chi connectivity index (χ4v) is 2.23. The van der Waals surface area contributed by atoms with Gasteiger partial charge in [0.05, 0.1) is 0 Å². The highest BCUT2D eigenvalue weighted by Crippen LogP contribution is 2.49. The predicted octanol–water partition coefficient (Wildman–Crippen LogP) is 5.25. The van der Waals surface area contributed by atoms with Crippen molar-refractivity contribution < 1.29 is 35.5 Å². The minimum absolute atomic E-state index is 0.159. The molecule has 0 aliphatic rings. The Labute approximate surface area is 139 Å². The molecule has 0 unspecified atom stereocenters. The second-order valence-corrected chi connectivity index (χ2v) is 6.72. The van der Waals surface area contributed by atoms with Crippen molar-refractivity contribution in [3.8, 4) is 0 Å². The molecule has 0 radical (unpaired) electrons. The third kappa shape index (κ3) is 5.23. The lowest BCUT2D eigenvalue weighted by Gasteiger charge is -2.41. The highest BCUT2D eigenvalue weighted by atomic mass is 19.4. The van der Waals surface area contributed by atoms with Gasteiger partial charge in [-0.25, -0.2) is 9.18 Å². The molecule has 2 amide bonds. The number of benzene rings is 1. The number of hydrogen-bond acceptors (Lipinski definition) is 1. The van der Waals surface area contributed by atoms with E-state index in [1.165, 1.54) is 20.8 Å². The van der Waals surface area contributed by atoms with Crippen molar-refractivity contribution >= 4 is 11.7 Å². The number of rotatable bonds is 3. The Bertz CT molecular complexity index is 586. The van der Waals surface area contributed by atoms with Gasteiger partial charge in [-0.2, -0.15) is 26.3 Å². The van der Waals surface area contributed by atoms with Crippen LogP contribution in [0.5, 0.6) is 0 Å². The maximum Gasteiger partial charge on any atom is 0.420 e. The summed E-state index contributed by atoms with van der Waals surface area (Å²) in [6.07, 6.45) is -13.0. The zero-order valence-electron chi connectivity index (χ0n) is 13.6. The predicted molar refractivity (Wildman–Crippen MR) is 77.5 cm³/mol. The Kier molecular flexibility index (Phi) is 5.66. The van der Waals surface area contributed by atoms with Crippen molar-refractivity contribution in [1.82, 2.24) is 5.32 Å². The minimum atomic E-state index is -5.78. The Hall–Kier alpha value is -2.00. The first-order valence-electron chi connectivity index (χ1n) is 7.06. The normalized spacial score (nSPS) is 13.5. The lowest BCUT2D eigenvalue weighted by molar-refractivity contribution is -0.310. The molecule has 3 nitrogen and oxygen atoms in total. The van der Waals surface area contributed by atoms with Crippen molar-refractivity contribution in [3.63, 3.8) is 0 Å². The molecule has 1 rings (SSSR count). The van der Waals surface area contributed by atoms with Crippen molar-refractivity contribution in [3.05, 3.63) is 30.1 Å². The Balaban J connectivity index is 3.19. The van der Waals surface area contributed by atoms with Crippen LogP contribution in [-0.4, -0.2) is 23.9 Å². The van der Waals surface area contributed by atoms with Gasteiger partial charge in [0.1, 0.15) is 5.82 Å². The lowest BCUT2D eigenvalue weighted by atomic mass is 9.78. The van der Waals surface area contributed by atoms with E-state index < -0.39 is 41.6 Å². The number of carbonyl (C=O) groups is 1. The van der Waals surface area contributed by atoms with Crippen LogP contribution in [0.1, 0.15) is 27.2 Å². The SMILES string of the molecule is CC(C)(C)CC(NC(=O)Nc1ccc(F)cc1)(C(F)(F)F)C(F)(F)F. The van der Waals surface area contributed by atoms with Gasteiger partial charge in [0.15, 0.2) is 0 Å². The Morgan fingerprint density at radius 3 is 1.72 bits per heavy atom. The van der Waals surface area contributed by atoms with Gasteiger partial charge in [-0.05, 0) is 36.1 Å². The number of urea groups is 1. The maximum absolute atomic E-state index is 13.3. The van der Waals surface area contributed by atoms with Crippen LogP contribution in [-0.2, 0) is 0 Å². The summed E-state index contributed by atoms with van der Waals surface area (Å²) < 4.78 is 92.8.